The molecule has 0 saturated heterocycles. The van der Waals surface area contributed by atoms with Gasteiger partial charge in [0.25, 0.3) is 0 Å². The second kappa shape index (κ2) is 4.43. The lowest BCUT2D eigenvalue weighted by Gasteiger charge is -2.33. The van der Waals surface area contributed by atoms with Crippen LogP contribution in [0.1, 0.15) is 40.0 Å². The maximum Gasteiger partial charge on any atom is 0.0555 e. The van der Waals surface area contributed by atoms with Crippen LogP contribution < -0.4 is 0 Å². The molecule has 1 rings (SSSR count). The highest BCUT2D eigenvalue weighted by Gasteiger charge is 2.28. The number of aliphatic hydroxyl groups is 1. The van der Waals surface area contributed by atoms with E-state index in [4.69, 9.17) is 0 Å². The van der Waals surface area contributed by atoms with Gasteiger partial charge in [-0.2, -0.15) is 0 Å². The molecule has 0 amide bonds. The van der Waals surface area contributed by atoms with Crippen molar-refractivity contribution in [2.75, 3.05) is 7.05 Å². The summed E-state index contributed by atoms with van der Waals surface area (Å²) in [6.45, 7) is 6.79. The average Bonchev–Trinajstić information content (AvgIpc) is 2.49. The van der Waals surface area contributed by atoms with Gasteiger partial charge in [0.05, 0.1) is 6.10 Å². The van der Waals surface area contributed by atoms with Crippen LogP contribution in [0.2, 0.25) is 0 Å². The summed E-state index contributed by atoms with van der Waals surface area (Å²) in [6, 6.07) is 1.22. The summed E-state index contributed by atoms with van der Waals surface area (Å²) in [5.74, 6) is 0.697. The summed E-state index contributed by atoms with van der Waals surface area (Å²) in [4.78, 5) is 2.43. The number of hydrogen-bond acceptors (Lipinski definition) is 2. The van der Waals surface area contributed by atoms with Gasteiger partial charge in [-0.25, -0.2) is 0 Å². The Morgan fingerprint density at radius 3 is 2.23 bits per heavy atom. The highest BCUT2D eigenvalue weighted by molar-refractivity contribution is 4.84. The predicted molar refractivity (Wildman–Crippen MR) is 55.7 cm³/mol. The van der Waals surface area contributed by atoms with Crippen LogP contribution in [0.4, 0.5) is 0 Å². The Balaban J connectivity index is 2.43. The molecule has 2 nitrogen and oxygen atoms in total. The molecular weight excluding hydrogens is 162 g/mol. The van der Waals surface area contributed by atoms with Crippen LogP contribution in [-0.2, 0) is 0 Å². The largest absolute Gasteiger partial charge is 0.393 e. The van der Waals surface area contributed by atoms with Gasteiger partial charge in [0.15, 0.2) is 0 Å². The molecule has 2 heteroatoms. The monoisotopic (exact) mass is 185 g/mol. The molecule has 0 aromatic rings. The number of rotatable bonds is 3. The van der Waals surface area contributed by atoms with Crippen LogP contribution in [0, 0.1) is 5.92 Å². The van der Waals surface area contributed by atoms with Crippen LogP contribution >= 0.6 is 0 Å². The summed E-state index contributed by atoms with van der Waals surface area (Å²) >= 11 is 0. The Labute approximate surface area is 81.9 Å². The van der Waals surface area contributed by atoms with E-state index in [2.05, 4.69) is 32.7 Å². The van der Waals surface area contributed by atoms with Crippen molar-refractivity contribution in [3.8, 4) is 0 Å². The zero-order valence-electron chi connectivity index (χ0n) is 9.33. The van der Waals surface area contributed by atoms with Gasteiger partial charge in [0.2, 0.25) is 0 Å². The predicted octanol–water partition coefficient (Wildman–Crippen LogP) is 1.88. The van der Waals surface area contributed by atoms with E-state index in [9.17, 15) is 5.11 Å². The fourth-order valence-electron chi connectivity index (χ4n) is 2.11. The molecule has 0 aliphatic heterocycles. The summed E-state index contributed by atoms with van der Waals surface area (Å²) in [5.41, 5.74) is 0. The highest BCUT2D eigenvalue weighted by Crippen LogP contribution is 2.25. The van der Waals surface area contributed by atoms with E-state index in [1.165, 1.54) is 0 Å². The Hall–Kier alpha value is -0.0800. The van der Waals surface area contributed by atoms with Crippen molar-refractivity contribution < 1.29 is 5.11 Å². The third-order valence-electron chi connectivity index (χ3n) is 3.56. The second-order valence-corrected chi connectivity index (χ2v) is 4.77. The van der Waals surface area contributed by atoms with E-state index in [1.54, 1.807) is 0 Å². The Morgan fingerprint density at radius 2 is 1.85 bits per heavy atom. The van der Waals surface area contributed by atoms with Crippen molar-refractivity contribution >= 4 is 0 Å². The van der Waals surface area contributed by atoms with Crippen molar-refractivity contribution in [3.63, 3.8) is 0 Å². The topological polar surface area (TPSA) is 23.5 Å². The van der Waals surface area contributed by atoms with Crippen LogP contribution in [-0.4, -0.2) is 35.2 Å². The number of hydrogen-bond donors (Lipinski definition) is 1. The van der Waals surface area contributed by atoms with Crippen molar-refractivity contribution in [1.29, 1.82) is 0 Å². The smallest absolute Gasteiger partial charge is 0.0555 e. The molecule has 3 atom stereocenters. The standard InChI is InChI=1S/C11H23NO/c1-8(2)9(3)12(4)10-5-6-11(13)7-10/h8-11,13H,5-7H2,1-4H3. The zero-order valence-corrected chi connectivity index (χ0v) is 9.33. The van der Waals surface area contributed by atoms with Gasteiger partial charge in [-0.1, -0.05) is 13.8 Å². The molecule has 13 heavy (non-hydrogen) atoms. The third-order valence-corrected chi connectivity index (χ3v) is 3.56. The van der Waals surface area contributed by atoms with Crippen molar-refractivity contribution in [2.45, 2.75) is 58.2 Å². The lowest BCUT2D eigenvalue weighted by molar-refractivity contribution is 0.127. The van der Waals surface area contributed by atoms with Gasteiger partial charge in [0.1, 0.15) is 0 Å². The maximum absolute atomic E-state index is 9.44. The fourth-order valence-corrected chi connectivity index (χ4v) is 2.11. The first-order chi connectivity index (χ1) is 6.02. The minimum atomic E-state index is -0.0492. The minimum Gasteiger partial charge on any atom is -0.393 e. The van der Waals surface area contributed by atoms with E-state index >= 15 is 0 Å². The van der Waals surface area contributed by atoms with Crippen LogP contribution in [0.25, 0.3) is 0 Å². The average molecular weight is 185 g/mol. The summed E-state index contributed by atoms with van der Waals surface area (Å²) in [7, 11) is 2.19. The van der Waals surface area contributed by atoms with E-state index in [0.29, 0.717) is 18.0 Å². The molecule has 0 aromatic heterocycles. The normalized spacial score (nSPS) is 31.6. The van der Waals surface area contributed by atoms with Gasteiger partial charge < -0.3 is 10.0 Å². The van der Waals surface area contributed by atoms with E-state index < -0.39 is 0 Å². The summed E-state index contributed by atoms with van der Waals surface area (Å²) in [6.07, 6.45) is 3.06. The van der Waals surface area contributed by atoms with Gasteiger partial charge in [-0.3, -0.25) is 0 Å². The van der Waals surface area contributed by atoms with Gasteiger partial charge >= 0.3 is 0 Å². The van der Waals surface area contributed by atoms with Crippen LogP contribution in [0.15, 0.2) is 0 Å². The van der Waals surface area contributed by atoms with Crippen molar-refractivity contribution in [2.24, 2.45) is 5.92 Å². The molecular formula is C11H23NO. The van der Waals surface area contributed by atoms with Crippen LogP contribution in [0.5, 0.6) is 0 Å². The fraction of sp³-hybridized carbons (Fsp3) is 1.00. The molecule has 3 unspecified atom stereocenters. The van der Waals surface area contributed by atoms with Gasteiger partial charge in [-0.15, -0.1) is 0 Å². The molecule has 78 valence electrons. The molecule has 0 bridgehead atoms. The zero-order chi connectivity index (χ0) is 10.0. The van der Waals surface area contributed by atoms with Gasteiger partial charge in [-0.05, 0) is 39.2 Å². The first-order valence-electron chi connectivity index (χ1n) is 5.42. The Kier molecular flexibility index (Phi) is 3.74. The molecule has 0 radical (unpaired) electrons. The molecule has 1 N–H and O–H groups in total. The molecule has 1 aliphatic rings. The molecule has 1 aliphatic carbocycles. The first-order valence-corrected chi connectivity index (χ1v) is 5.42. The molecule has 1 fully saturated rings. The highest BCUT2D eigenvalue weighted by atomic mass is 16.3. The van der Waals surface area contributed by atoms with E-state index in [0.717, 1.165) is 19.3 Å². The van der Waals surface area contributed by atoms with E-state index in [1.807, 2.05) is 0 Å². The molecule has 0 heterocycles. The summed E-state index contributed by atoms with van der Waals surface area (Å²) < 4.78 is 0. The number of nitrogens with zero attached hydrogens (tertiary/aromatic N) is 1. The molecule has 0 aromatic carbocycles. The first kappa shape index (κ1) is 11.0. The van der Waals surface area contributed by atoms with E-state index in [-0.39, 0.29) is 6.10 Å². The lowest BCUT2D eigenvalue weighted by Crippen LogP contribution is -2.40. The van der Waals surface area contributed by atoms with Gasteiger partial charge in [0, 0.05) is 12.1 Å². The maximum atomic E-state index is 9.44. The summed E-state index contributed by atoms with van der Waals surface area (Å²) in [5, 5.41) is 9.44. The lowest BCUT2D eigenvalue weighted by atomic mass is 10.0. The minimum absolute atomic E-state index is 0.0492. The SMILES string of the molecule is CC(C)C(C)N(C)C1CCC(O)C1. The Morgan fingerprint density at radius 1 is 1.23 bits per heavy atom. The molecule has 0 spiro atoms. The van der Waals surface area contributed by atoms with Crippen molar-refractivity contribution in [3.05, 3.63) is 0 Å². The van der Waals surface area contributed by atoms with Crippen LogP contribution in [0.3, 0.4) is 0 Å². The Bertz CT molecular complexity index is 158. The van der Waals surface area contributed by atoms with Crippen molar-refractivity contribution in [1.82, 2.24) is 4.90 Å². The second-order valence-electron chi connectivity index (χ2n) is 4.77. The quantitative estimate of drug-likeness (QED) is 0.725. The number of aliphatic hydroxyl groups excluding tert-OH is 1. The third kappa shape index (κ3) is 2.68. The molecule has 1 saturated carbocycles.